The number of ether oxygens (including phenoxy) is 1. The SMILES string of the molecule is CCOC(=O)c1cnn(-c2cncc3ccccc23)c1C. The Morgan fingerprint density at radius 2 is 2.05 bits per heavy atom. The average Bonchev–Trinajstić information content (AvgIpc) is 2.88. The van der Waals surface area contributed by atoms with E-state index in [0.717, 1.165) is 22.2 Å². The lowest BCUT2D eigenvalue weighted by Gasteiger charge is -2.08. The number of carbonyl (C=O) groups is 1. The van der Waals surface area contributed by atoms with Crippen LogP contribution in [0.25, 0.3) is 16.5 Å². The average molecular weight is 281 g/mol. The number of benzene rings is 1. The first-order valence-electron chi connectivity index (χ1n) is 6.77. The molecule has 0 unspecified atom stereocenters. The maximum absolute atomic E-state index is 11.9. The van der Waals surface area contributed by atoms with Gasteiger partial charge in [0, 0.05) is 17.0 Å². The minimum absolute atomic E-state index is 0.347. The summed E-state index contributed by atoms with van der Waals surface area (Å²) < 4.78 is 6.76. The van der Waals surface area contributed by atoms with Crippen molar-refractivity contribution in [1.29, 1.82) is 0 Å². The summed E-state index contributed by atoms with van der Waals surface area (Å²) in [5.74, 6) is -0.352. The van der Waals surface area contributed by atoms with Crippen LogP contribution in [-0.4, -0.2) is 27.3 Å². The van der Waals surface area contributed by atoms with E-state index < -0.39 is 0 Å². The Morgan fingerprint density at radius 3 is 2.86 bits per heavy atom. The molecule has 106 valence electrons. The van der Waals surface area contributed by atoms with Crippen LogP contribution in [0.15, 0.2) is 42.9 Å². The van der Waals surface area contributed by atoms with Gasteiger partial charge in [0.1, 0.15) is 5.56 Å². The Hall–Kier alpha value is -2.69. The van der Waals surface area contributed by atoms with Gasteiger partial charge < -0.3 is 4.74 Å². The van der Waals surface area contributed by atoms with E-state index in [1.807, 2.05) is 37.4 Å². The quantitative estimate of drug-likeness (QED) is 0.693. The fourth-order valence-electron chi connectivity index (χ4n) is 2.33. The summed E-state index contributed by atoms with van der Waals surface area (Å²) in [6.45, 7) is 3.98. The standard InChI is InChI=1S/C16H15N3O2/c1-3-21-16(20)14-9-18-19(11(14)2)15-10-17-8-12-6-4-5-7-13(12)15/h4-10H,3H2,1-2H3. The highest BCUT2D eigenvalue weighted by atomic mass is 16.5. The second kappa shape index (κ2) is 5.36. The van der Waals surface area contributed by atoms with Crippen molar-refractivity contribution in [1.82, 2.24) is 14.8 Å². The van der Waals surface area contributed by atoms with E-state index in [4.69, 9.17) is 4.74 Å². The van der Waals surface area contributed by atoms with Crippen LogP contribution in [-0.2, 0) is 4.74 Å². The van der Waals surface area contributed by atoms with Gasteiger partial charge in [-0.15, -0.1) is 0 Å². The van der Waals surface area contributed by atoms with Crippen LogP contribution < -0.4 is 0 Å². The van der Waals surface area contributed by atoms with Crippen molar-refractivity contribution < 1.29 is 9.53 Å². The van der Waals surface area contributed by atoms with E-state index in [1.54, 1.807) is 17.8 Å². The van der Waals surface area contributed by atoms with E-state index in [-0.39, 0.29) is 5.97 Å². The number of esters is 1. The Bertz CT molecular complexity index is 803. The van der Waals surface area contributed by atoms with Gasteiger partial charge in [-0.05, 0) is 13.8 Å². The van der Waals surface area contributed by atoms with E-state index >= 15 is 0 Å². The fraction of sp³-hybridized carbons (Fsp3) is 0.188. The number of fused-ring (bicyclic) bond motifs is 1. The lowest BCUT2D eigenvalue weighted by atomic mass is 10.1. The molecule has 0 atom stereocenters. The van der Waals surface area contributed by atoms with Gasteiger partial charge in [0.25, 0.3) is 0 Å². The van der Waals surface area contributed by atoms with Crippen molar-refractivity contribution in [3.8, 4) is 5.69 Å². The molecule has 0 spiro atoms. The Morgan fingerprint density at radius 1 is 1.24 bits per heavy atom. The molecule has 21 heavy (non-hydrogen) atoms. The first-order valence-corrected chi connectivity index (χ1v) is 6.77. The smallest absolute Gasteiger partial charge is 0.341 e. The van der Waals surface area contributed by atoms with Gasteiger partial charge in [0.15, 0.2) is 0 Å². The topological polar surface area (TPSA) is 57.0 Å². The zero-order valence-electron chi connectivity index (χ0n) is 11.9. The molecule has 0 saturated heterocycles. The second-order valence-electron chi connectivity index (χ2n) is 4.66. The number of pyridine rings is 1. The third-order valence-electron chi connectivity index (χ3n) is 3.38. The summed E-state index contributed by atoms with van der Waals surface area (Å²) in [5.41, 5.74) is 2.07. The van der Waals surface area contributed by atoms with Gasteiger partial charge in [-0.1, -0.05) is 24.3 Å². The van der Waals surface area contributed by atoms with Crippen molar-refractivity contribution in [2.75, 3.05) is 6.61 Å². The molecule has 0 fully saturated rings. The lowest BCUT2D eigenvalue weighted by Crippen LogP contribution is -2.07. The largest absolute Gasteiger partial charge is 0.462 e. The maximum atomic E-state index is 11.9. The predicted molar refractivity (Wildman–Crippen MR) is 79.6 cm³/mol. The van der Waals surface area contributed by atoms with Crippen LogP contribution in [0.4, 0.5) is 0 Å². The number of rotatable bonds is 3. The van der Waals surface area contributed by atoms with E-state index in [1.165, 1.54) is 6.20 Å². The molecule has 2 heterocycles. The van der Waals surface area contributed by atoms with Crippen LogP contribution in [0, 0.1) is 6.92 Å². The molecule has 0 N–H and O–H groups in total. The van der Waals surface area contributed by atoms with E-state index in [9.17, 15) is 4.79 Å². The van der Waals surface area contributed by atoms with Crippen molar-refractivity contribution in [2.45, 2.75) is 13.8 Å². The van der Waals surface area contributed by atoms with Crippen LogP contribution in [0.2, 0.25) is 0 Å². The fourth-order valence-corrected chi connectivity index (χ4v) is 2.33. The van der Waals surface area contributed by atoms with E-state index in [2.05, 4.69) is 10.1 Å². The normalized spacial score (nSPS) is 10.8. The Kier molecular flexibility index (Phi) is 3.39. The summed E-state index contributed by atoms with van der Waals surface area (Å²) >= 11 is 0. The van der Waals surface area contributed by atoms with Crippen molar-refractivity contribution in [3.63, 3.8) is 0 Å². The summed E-state index contributed by atoms with van der Waals surface area (Å²) in [6, 6.07) is 7.94. The summed E-state index contributed by atoms with van der Waals surface area (Å²) in [4.78, 5) is 16.1. The van der Waals surface area contributed by atoms with Crippen molar-refractivity contribution >= 4 is 16.7 Å². The highest BCUT2D eigenvalue weighted by molar-refractivity contribution is 5.92. The number of carbonyl (C=O) groups excluding carboxylic acids is 1. The summed E-state index contributed by atoms with van der Waals surface area (Å²) in [7, 11) is 0. The molecule has 5 heteroatoms. The molecule has 3 rings (SSSR count). The molecule has 1 aromatic carbocycles. The number of aromatic nitrogens is 3. The van der Waals surface area contributed by atoms with Gasteiger partial charge in [-0.25, -0.2) is 9.48 Å². The van der Waals surface area contributed by atoms with Gasteiger partial charge in [0.2, 0.25) is 0 Å². The molecular weight excluding hydrogens is 266 g/mol. The van der Waals surface area contributed by atoms with Gasteiger partial charge in [-0.3, -0.25) is 4.98 Å². The third kappa shape index (κ3) is 2.27. The number of nitrogens with zero attached hydrogens (tertiary/aromatic N) is 3. The molecule has 0 aliphatic carbocycles. The molecule has 0 aliphatic rings. The van der Waals surface area contributed by atoms with Gasteiger partial charge >= 0.3 is 5.97 Å². The Labute approximate surface area is 122 Å². The molecule has 0 aliphatic heterocycles. The number of hydrogen-bond donors (Lipinski definition) is 0. The zero-order chi connectivity index (χ0) is 14.8. The van der Waals surface area contributed by atoms with Crippen LogP contribution >= 0.6 is 0 Å². The minimum Gasteiger partial charge on any atom is -0.462 e. The first kappa shape index (κ1) is 13.3. The van der Waals surface area contributed by atoms with Gasteiger partial charge in [0.05, 0.1) is 30.4 Å². The predicted octanol–water partition coefficient (Wildman–Crippen LogP) is 2.91. The maximum Gasteiger partial charge on any atom is 0.341 e. The highest BCUT2D eigenvalue weighted by Gasteiger charge is 2.17. The molecule has 3 aromatic rings. The summed E-state index contributed by atoms with van der Waals surface area (Å²) in [5, 5.41) is 6.38. The van der Waals surface area contributed by atoms with E-state index in [0.29, 0.717) is 12.2 Å². The van der Waals surface area contributed by atoms with Crippen LogP contribution in [0.1, 0.15) is 23.0 Å². The Balaban J connectivity index is 2.14. The minimum atomic E-state index is -0.352. The van der Waals surface area contributed by atoms with Gasteiger partial charge in [-0.2, -0.15) is 5.10 Å². The first-order chi connectivity index (χ1) is 10.2. The lowest BCUT2D eigenvalue weighted by molar-refractivity contribution is 0.0525. The molecule has 0 radical (unpaired) electrons. The zero-order valence-corrected chi connectivity index (χ0v) is 11.9. The number of hydrogen-bond acceptors (Lipinski definition) is 4. The molecule has 5 nitrogen and oxygen atoms in total. The molecule has 0 amide bonds. The van der Waals surface area contributed by atoms with Crippen LogP contribution in [0.3, 0.4) is 0 Å². The monoisotopic (exact) mass is 281 g/mol. The summed E-state index contributed by atoms with van der Waals surface area (Å²) in [6.07, 6.45) is 5.09. The van der Waals surface area contributed by atoms with Crippen LogP contribution in [0.5, 0.6) is 0 Å². The second-order valence-corrected chi connectivity index (χ2v) is 4.66. The third-order valence-corrected chi connectivity index (χ3v) is 3.38. The highest BCUT2D eigenvalue weighted by Crippen LogP contribution is 2.22. The molecular formula is C16H15N3O2. The van der Waals surface area contributed by atoms with Crippen molar-refractivity contribution in [3.05, 3.63) is 54.1 Å². The molecule has 2 aromatic heterocycles. The molecule has 0 saturated carbocycles. The molecule has 0 bridgehead atoms. The van der Waals surface area contributed by atoms with Crippen molar-refractivity contribution in [2.24, 2.45) is 0 Å².